The quantitative estimate of drug-likeness (QED) is 0.735. The van der Waals surface area contributed by atoms with Gasteiger partial charge in [-0.25, -0.2) is 0 Å². The smallest absolute Gasteiger partial charge is 0.236 e. The molecule has 142 valence electrons. The van der Waals surface area contributed by atoms with Gasteiger partial charge in [0, 0.05) is 12.7 Å². The third-order valence-corrected chi connectivity index (χ3v) is 6.33. The van der Waals surface area contributed by atoms with Crippen LogP contribution in [0.5, 0.6) is 0 Å². The van der Waals surface area contributed by atoms with Crippen molar-refractivity contribution in [2.75, 3.05) is 7.05 Å². The fraction of sp³-hybridized carbons (Fsp3) is 0.500. The van der Waals surface area contributed by atoms with E-state index in [1.807, 2.05) is 48.7 Å². The summed E-state index contributed by atoms with van der Waals surface area (Å²) < 4.78 is 1.95. The topological polar surface area (TPSA) is 74.8 Å². The summed E-state index contributed by atoms with van der Waals surface area (Å²) in [6.45, 7) is 3.77. The number of rotatable bonds is 5. The highest BCUT2D eigenvalue weighted by atomic mass is 32.2. The molecule has 1 aliphatic carbocycles. The number of nitriles is 1. The first kappa shape index (κ1) is 19.4. The van der Waals surface area contributed by atoms with Crippen molar-refractivity contribution in [1.29, 1.82) is 5.26 Å². The molecule has 0 saturated heterocycles. The number of hydrogen-bond donors (Lipinski definition) is 0. The van der Waals surface area contributed by atoms with Crippen molar-refractivity contribution < 1.29 is 4.79 Å². The Morgan fingerprint density at radius 3 is 2.56 bits per heavy atom. The summed E-state index contributed by atoms with van der Waals surface area (Å²) in [6.07, 6.45) is 4.63. The fourth-order valence-electron chi connectivity index (χ4n) is 3.64. The summed E-state index contributed by atoms with van der Waals surface area (Å²) in [5.41, 5.74) is 0.295. The maximum atomic E-state index is 13.1. The molecular weight excluding hydrogens is 358 g/mol. The van der Waals surface area contributed by atoms with Crippen molar-refractivity contribution in [2.24, 2.45) is 0 Å². The van der Waals surface area contributed by atoms with Gasteiger partial charge in [-0.05, 0) is 38.8 Å². The molecule has 0 unspecified atom stereocenters. The molecule has 0 N–H and O–H groups in total. The van der Waals surface area contributed by atoms with E-state index in [2.05, 4.69) is 16.3 Å². The van der Waals surface area contributed by atoms with Gasteiger partial charge in [-0.15, -0.1) is 10.2 Å². The number of benzene rings is 1. The largest absolute Gasteiger partial charge is 0.326 e. The Kier molecular flexibility index (Phi) is 5.85. The molecule has 0 spiro atoms. The molecule has 1 heterocycles. The maximum absolute atomic E-state index is 13.1. The molecule has 1 aromatic heterocycles. The van der Waals surface area contributed by atoms with E-state index in [0.29, 0.717) is 5.16 Å². The number of carbonyl (C=O) groups excluding carboxylic acids is 1. The zero-order valence-corrected chi connectivity index (χ0v) is 16.9. The summed E-state index contributed by atoms with van der Waals surface area (Å²) in [6, 6.07) is 12.3. The molecule has 1 aliphatic rings. The molecule has 7 heteroatoms. The molecule has 6 nitrogen and oxygen atoms in total. The minimum absolute atomic E-state index is 0.0382. The van der Waals surface area contributed by atoms with Gasteiger partial charge in [0.1, 0.15) is 11.4 Å². The highest BCUT2D eigenvalue weighted by molar-refractivity contribution is 8.00. The van der Waals surface area contributed by atoms with Crippen LogP contribution in [0.15, 0.2) is 35.5 Å². The Bertz CT molecular complexity index is 836. The van der Waals surface area contributed by atoms with Crippen LogP contribution in [-0.2, 0) is 4.79 Å². The van der Waals surface area contributed by atoms with Crippen LogP contribution in [0.4, 0.5) is 0 Å². The van der Waals surface area contributed by atoms with E-state index in [0.717, 1.165) is 43.6 Å². The van der Waals surface area contributed by atoms with E-state index in [1.165, 1.54) is 11.8 Å². The van der Waals surface area contributed by atoms with Crippen molar-refractivity contribution in [3.05, 3.63) is 36.2 Å². The zero-order chi connectivity index (χ0) is 19.4. The van der Waals surface area contributed by atoms with Crippen LogP contribution >= 0.6 is 11.8 Å². The minimum Gasteiger partial charge on any atom is -0.326 e. The molecule has 1 saturated carbocycles. The van der Waals surface area contributed by atoms with E-state index >= 15 is 0 Å². The third-order valence-electron chi connectivity index (χ3n) is 5.30. The predicted molar refractivity (Wildman–Crippen MR) is 106 cm³/mol. The Hall–Kier alpha value is -2.33. The Morgan fingerprint density at radius 2 is 1.93 bits per heavy atom. The molecule has 0 bridgehead atoms. The molecule has 2 aromatic rings. The summed E-state index contributed by atoms with van der Waals surface area (Å²) in [5, 5.41) is 18.5. The second-order valence-electron chi connectivity index (χ2n) is 7.06. The van der Waals surface area contributed by atoms with Crippen LogP contribution in [0.3, 0.4) is 0 Å². The fourth-order valence-corrected chi connectivity index (χ4v) is 4.65. The minimum atomic E-state index is -0.673. The van der Waals surface area contributed by atoms with Gasteiger partial charge >= 0.3 is 0 Å². The van der Waals surface area contributed by atoms with E-state index < -0.39 is 5.54 Å². The van der Waals surface area contributed by atoms with Crippen LogP contribution in [0, 0.1) is 18.3 Å². The van der Waals surface area contributed by atoms with Gasteiger partial charge in [0.25, 0.3) is 0 Å². The Morgan fingerprint density at radius 1 is 1.26 bits per heavy atom. The van der Waals surface area contributed by atoms with Crippen molar-refractivity contribution in [1.82, 2.24) is 19.7 Å². The Labute approximate surface area is 164 Å². The van der Waals surface area contributed by atoms with Gasteiger partial charge < -0.3 is 4.90 Å². The van der Waals surface area contributed by atoms with Gasteiger partial charge in [0.05, 0.1) is 11.3 Å². The molecule has 1 amide bonds. The number of aryl methyl sites for hydroxylation is 1. The second kappa shape index (κ2) is 8.13. The van der Waals surface area contributed by atoms with Crippen LogP contribution in [0.25, 0.3) is 5.69 Å². The normalized spacial score (nSPS) is 17.1. The predicted octanol–water partition coefficient (Wildman–Crippen LogP) is 3.74. The molecule has 0 aliphatic heterocycles. The lowest BCUT2D eigenvalue weighted by Gasteiger charge is -2.40. The zero-order valence-electron chi connectivity index (χ0n) is 16.1. The first-order chi connectivity index (χ1) is 13.0. The highest BCUT2D eigenvalue weighted by Gasteiger charge is 2.40. The molecule has 27 heavy (non-hydrogen) atoms. The van der Waals surface area contributed by atoms with Crippen molar-refractivity contribution in [3.63, 3.8) is 0 Å². The van der Waals surface area contributed by atoms with Crippen LogP contribution in [0.2, 0.25) is 0 Å². The standard InChI is InChI=1S/C20H25N5OS/c1-15(18(26)24(3)20(14-21)12-8-5-9-13-20)27-19-23-22-16(2)25(19)17-10-6-4-7-11-17/h4,6-7,10-11,15H,5,8-9,12-13H2,1-3H3/t15-/m1/s1. The van der Waals surface area contributed by atoms with E-state index in [-0.39, 0.29) is 11.2 Å². The number of carbonyl (C=O) groups is 1. The number of para-hydroxylation sites is 1. The van der Waals surface area contributed by atoms with Crippen molar-refractivity contribution in [3.8, 4) is 11.8 Å². The van der Waals surface area contributed by atoms with E-state index in [1.54, 1.807) is 11.9 Å². The van der Waals surface area contributed by atoms with Crippen molar-refractivity contribution in [2.45, 2.75) is 61.9 Å². The number of aromatic nitrogens is 3. The molecule has 3 rings (SSSR count). The lowest BCUT2D eigenvalue weighted by Crippen LogP contribution is -2.52. The van der Waals surface area contributed by atoms with Crippen LogP contribution in [0.1, 0.15) is 44.9 Å². The second-order valence-corrected chi connectivity index (χ2v) is 8.37. The molecule has 1 fully saturated rings. The first-order valence-corrected chi connectivity index (χ1v) is 10.2. The Balaban J connectivity index is 1.79. The van der Waals surface area contributed by atoms with E-state index in [9.17, 15) is 10.1 Å². The van der Waals surface area contributed by atoms with Gasteiger partial charge in [-0.3, -0.25) is 9.36 Å². The van der Waals surface area contributed by atoms with Gasteiger partial charge in [-0.1, -0.05) is 49.2 Å². The molecule has 1 aromatic carbocycles. The summed E-state index contributed by atoms with van der Waals surface area (Å²) >= 11 is 1.38. The van der Waals surface area contributed by atoms with Gasteiger partial charge in [0.2, 0.25) is 5.91 Å². The first-order valence-electron chi connectivity index (χ1n) is 9.31. The highest BCUT2D eigenvalue weighted by Crippen LogP contribution is 2.34. The van der Waals surface area contributed by atoms with E-state index in [4.69, 9.17) is 0 Å². The van der Waals surface area contributed by atoms with Gasteiger partial charge in [0.15, 0.2) is 5.16 Å². The SMILES string of the molecule is Cc1nnc(S[C@H](C)C(=O)N(C)C2(C#N)CCCCC2)n1-c1ccccc1. The summed E-state index contributed by atoms with van der Waals surface area (Å²) in [5.74, 6) is 0.737. The average molecular weight is 384 g/mol. The van der Waals surface area contributed by atoms with Crippen LogP contribution < -0.4 is 0 Å². The van der Waals surface area contributed by atoms with Crippen molar-refractivity contribution >= 4 is 17.7 Å². The summed E-state index contributed by atoms with van der Waals surface area (Å²) in [7, 11) is 1.76. The van der Waals surface area contributed by atoms with Crippen LogP contribution in [-0.4, -0.2) is 43.4 Å². The summed E-state index contributed by atoms with van der Waals surface area (Å²) in [4.78, 5) is 14.7. The lowest BCUT2D eigenvalue weighted by molar-refractivity contribution is -0.133. The molecule has 1 atom stereocenters. The van der Waals surface area contributed by atoms with Gasteiger partial charge in [-0.2, -0.15) is 5.26 Å². The number of thioether (sulfide) groups is 1. The lowest BCUT2D eigenvalue weighted by atomic mass is 9.81. The third kappa shape index (κ3) is 3.86. The number of amides is 1. The number of nitrogens with zero attached hydrogens (tertiary/aromatic N) is 5. The molecular formula is C20H25N5OS. The number of hydrogen-bond acceptors (Lipinski definition) is 5. The molecule has 0 radical (unpaired) electrons. The average Bonchev–Trinajstić information content (AvgIpc) is 3.07. The maximum Gasteiger partial charge on any atom is 0.236 e. The monoisotopic (exact) mass is 383 g/mol.